The van der Waals surface area contributed by atoms with E-state index in [9.17, 15) is 4.79 Å². The number of rotatable bonds is 3. The lowest BCUT2D eigenvalue weighted by molar-refractivity contribution is 0.0634. The summed E-state index contributed by atoms with van der Waals surface area (Å²) >= 11 is 3.36. The molecular formula is C15H18N2OS2. The number of amides is 1. The van der Waals surface area contributed by atoms with E-state index in [1.165, 1.54) is 4.88 Å². The zero-order valence-electron chi connectivity index (χ0n) is 11.5. The topological polar surface area (TPSA) is 23.6 Å². The third kappa shape index (κ3) is 2.95. The number of hydrogen-bond acceptors (Lipinski definition) is 4. The number of hydrogen-bond donors (Lipinski definition) is 0. The van der Waals surface area contributed by atoms with E-state index in [1.807, 2.05) is 23.3 Å². The fraction of sp³-hybridized carbons (Fsp3) is 0.400. The second-order valence-electron chi connectivity index (χ2n) is 5.08. The molecule has 3 rings (SSSR count). The Labute approximate surface area is 127 Å². The van der Waals surface area contributed by atoms with Gasteiger partial charge < -0.3 is 4.90 Å². The monoisotopic (exact) mass is 306 g/mol. The molecule has 1 amide bonds. The molecule has 1 fully saturated rings. The molecule has 2 aromatic heterocycles. The van der Waals surface area contributed by atoms with Gasteiger partial charge in [0.2, 0.25) is 0 Å². The molecule has 0 N–H and O–H groups in total. The van der Waals surface area contributed by atoms with Crippen molar-refractivity contribution in [2.24, 2.45) is 0 Å². The molecule has 0 unspecified atom stereocenters. The van der Waals surface area contributed by atoms with Crippen LogP contribution in [0, 0.1) is 6.92 Å². The molecule has 0 aromatic carbocycles. The van der Waals surface area contributed by atoms with E-state index >= 15 is 0 Å². The van der Waals surface area contributed by atoms with Crippen molar-refractivity contribution in [3.63, 3.8) is 0 Å². The van der Waals surface area contributed by atoms with Crippen molar-refractivity contribution < 1.29 is 4.79 Å². The van der Waals surface area contributed by atoms with Gasteiger partial charge >= 0.3 is 0 Å². The predicted octanol–water partition coefficient (Wildman–Crippen LogP) is 3.08. The summed E-state index contributed by atoms with van der Waals surface area (Å²) in [4.78, 5) is 19.1. The first-order valence-electron chi connectivity index (χ1n) is 6.82. The summed E-state index contributed by atoms with van der Waals surface area (Å²) in [5.74, 6) is 0.202. The Morgan fingerprint density at radius 1 is 1.15 bits per heavy atom. The highest BCUT2D eigenvalue weighted by Gasteiger charge is 2.23. The van der Waals surface area contributed by atoms with Gasteiger partial charge in [-0.25, -0.2) is 0 Å². The maximum atomic E-state index is 12.4. The first-order valence-corrected chi connectivity index (χ1v) is 8.58. The molecule has 20 heavy (non-hydrogen) atoms. The maximum Gasteiger partial charge on any atom is 0.264 e. The van der Waals surface area contributed by atoms with Gasteiger partial charge in [0.25, 0.3) is 5.91 Å². The molecular weight excluding hydrogens is 288 g/mol. The minimum absolute atomic E-state index is 0.202. The van der Waals surface area contributed by atoms with Gasteiger partial charge in [0.05, 0.1) is 4.88 Å². The smallest absolute Gasteiger partial charge is 0.264 e. The van der Waals surface area contributed by atoms with Gasteiger partial charge in [-0.15, -0.1) is 22.7 Å². The first-order chi connectivity index (χ1) is 9.74. The van der Waals surface area contributed by atoms with Crippen LogP contribution in [0.1, 0.15) is 20.1 Å². The van der Waals surface area contributed by atoms with Crippen molar-refractivity contribution in [1.82, 2.24) is 9.80 Å². The Kier molecular flexibility index (Phi) is 4.19. The minimum Gasteiger partial charge on any atom is -0.335 e. The summed E-state index contributed by atoms with van der Waals surface area (Å²) in [6.45, 7) is 6.62. The SMILES string of the molecule is Cc1ccsc1C(=O)N1CCN(Cc2cccs2)CC1. The fourth-order valence-corrected chi connectivity index (χ4v) is 4.11. The van der Waals surface area contributed by atoms with E-state index in [2.05, 4.69) is 22.4 Å². The van der Waals surface area contributed by atoms with Crippen LogP contribution in [0.25, 0.3) is 0 Å². The lowest BCUT2D eigenvalue weighted by Crippen LogP contribution is -2.48. The summed E-state index contributed by atoms with van der Waals surface area (Å²) in [5.41, 5.74) is 1.10. The van der Waals surface area contributed by atoms with Gasteiger partial charge in [-0.05, 0) is 35.4 Å². The van der Waals surface area contributed by atoms with Crippen molar-refractivity contribution in [3.8, 4) is 0 Å². The molecule has 3 nitrogen and oxygen atoms in total. The third-order valence-electron chi connectivity index (χ3n) is 3.68. The van der Waals surface area contributed by atoms with Crippen LogP contribution in [0.15, 0.2) is 29.0 Å². The first kappa shape index (κ1) is 13.8. The molecule has 106 valence electrons. The van der Waals surface area contributed by atoms with E-state index in [-0.39, 0.29) is 5.91 Å². The Balaban J connectivity index is 1.56. The normalized spacial score (nSPS) is 16.6. The summed E-state index contributed by atoms with van der Waals surface area (Å²) < 4.78 is 0. The Bertz CT molecular complexity index is 568. The maximum absolute atomic E-state index is 12.4. The number of aryl methyl sites for hydroxylation is 1. The molecule has 2 aromatic rings. The molecule has 1 aliphatic rings. The van der Waals surface area contributed by atoms with Crippen LogP contribution in [0.3, 0.4) is 0 Å². The zero-order valence-corrected chi connectivity index (χ0v) is 13.2. The molecule has 5 heteroatoms. The van der Waals surface area contributed by atoms with Crippen molar-refractivity contribution in [3.05, 3.63) is 44.3 Å². The number of nitrogens with zero attached hydrogens (tertiary/aromatic N) is 2. The van der Waals surface area contributed by atoms with E-state index in [4.69, 9.17) is 0 Å². The van der Waals surface area contributed by atoms with Crippen LogP contribution in [0.5, 0.6) is 0 Å². The largest absolute Gasteiger partial charge is 0.335 e. The van der Waals surface area contributed by atoms with E-state index in [0.29, 0.717) is 0 Å². The van der Waals surface area contributed by atoms with Crippen LogP contribution >= 0.6 is 22.7 Å². The van der Waals surface area contributed by atoms with Gasteiger partial charge in [0.15, 0.2) is 0 Å². The number of carbonyl (C=O) groups is 1. The van der Waals surface area contributed by atoms with Crippen LogP contribution in [-0.2, 0) is 6.54 Å². The average Bonchev–Trinajstić information content (AvgIpc) is 3.10. The Morgan fingerprint density at radius 3 is 2.55 bits per heavy atom. The number of carbonyl (C=O) groups excluding carboxylic acids is 1. The quantitative estimate of drug-likeness (QED) is 0.870. The van der Waals surface area contributed by atoms with Gasteiger partial charge in [0, 0.05) is 37.6 Å². The molecule has 0 saturated carbocycles. The molecule has 0 bridgehead atoms. The molecule has 0 aliphatic carbocycles. The van der Waals surface area contributed by atoms with E-state index in [0.717, 1.165) is 43.2 Å². The van der Waals surface area contributed by atoms with Gasteiger partial charge in [-0.1, -0.05) is 6.07 Å². The van der Waals surface area contributed by atoms with Gasteiger partial charge in [-0.2, -0.15) is 0 Å². The minimum atomic E-state index is 0.202. The average molecular weight is 306 g/mol. The van der Waals surface area contributed by atoms with Crippen LogP contribution in [0.4, 0.5) is 0 Å². The van der Waals surface area contributed by atoms with E-state index in [1.54, 1.807) is 22.7 Å². The lowest BCUT2D eigenvalue weighted by Gasteiger charge is -2.34. The number of piperazine rings is 1. The zero-order chi connectivity index (χ0) is 13.9. The van der Waals surface area contributed by atoms with Crippen LogP contribution < -0.4 is 0 Å². The van der Waals surface area contributed by atoms with Crippen LogP contribution in [-0.4, -0.2) is 41.9 Å². The van der Waals surface area contributed by atoms with Crippen molar-refractivity contribution in [2.75, 3.05) is 26.2 Å². The summed E-state index contributed by atoms with van der Waals surface area (Å²) in [5, 5.41) is 4.12. The van der Waals surface area contributed by atoms with Crippen molar-refractivity contribution in [2.45, 2.75) is 13.5 Å². The molecule has 1 aliphatic heterocycles. The second-order valence-corrected chi connectivity index (χ2v) is 7.03. The van der Waals surface area contributed by atoms with Crippen molar-refractivity contribution in [1.29, 1.82) is 0 Å². The summed E-state index contributed by atoms with van der Waals surface area (Å²) in [6, 6.07) is 6.29. The molecule has 3 heterocycles. The lowest BCUT2D eigenvalue weighted by atomic mass is 10.2. The number of thiophene rings is 2. The summed E-state index contributed by atoms with van der Waals surface area (Å²) in [7, 11) is 0. The molecule has 0 radical (unpaired) electrons. The highest BCUT2D eigenvalue weighted by molar-refractivity contribution is 7.12. The van der Waals surface area contributed by atoms with Crippen LogP contribution in [0.2, 0.25) is 0 Å². The van der Waals surface area contributed by atoms with E-state index < -0.39 is 0 Å². The fourth-order valence-electron chi connectivity index (χ4n) is 2.47. The van der Waals surface area contributed by atoms with Gasteiger partial charge in [0.1, 0.15) is 0 Å². The molecule has 0 spiro atoms. The Hall–Kier alpha value is -1.17. The highest BCUT2D eigenvalue weighted by atomic mass is 32.1. The van der Waals surface area contributed by atoms with Gasteiger partial charge in [-0.3, -0.25) is 9.69 Å². The molecule has 0 atom stereocenters. The second kappa shape index (κ2) is 6.08. The standard InChI is InChI=1S/C15H18N2OS2/c1-12-4-10-20-14(12)15(18)17-7-5-16(6-8-17)11-13-3-2-9-19-13/h2-4,9-10H,5-8,11H2,1H3. The predicted molar refractivity (Wildman–Crippen MR) is 84.6 cm³/mol. The summed E-state index contributed by atoms with van der Waals surface area (Å²) in [6.07, 6.45) is 0. The highest BCUT2D eigenvalue weighted by Crippen LogP contribution is 2.19. The van der Waals surface area contributed by atoms with Crippen molar-refractivity contribution >= 4 is 28.6 Å². The Morgan fingerprint density at radius 2 is 1.95 bits per heavy atom. The third-order valence-corrected chi connectivity index (χ3v) is 5.54. The molecule has 1 saturated heterocycles.